The molecule has 0 fully saturated rings. The molecule has 0 saturated carbocycles. The number of aromatic nitrogens is 2. The van der Waals surface area contributed by atoms with Crippen LogP contribution in [0.1, 0.15) is 0 Å². The third-order valence-electron chi connectivity index (χ3n) is 1.43. The number of hydrogen-bond acceptors (Lipinski definition) is 5. The molecule has 80 valence electrons. The second kappa shape index (κ2) is 6.53. The Bertz CT molecular complexity index is 343. The molecule has 4 nitrogen and oxygen atoms in total. The number of nitrogens with two attached hydrogens (primary N) is 1. The van der Waals surface area contributed by atoms with E-state index in [1.165, 1.54) is 0 Å². The molecule has 15 heavy (non-hydrogen) atoms. The molecule has 0 radical (unpaired) electrons. The van der Waals surface area contributed by atoms with Crippen molar-refractivity contribution in [2.75, 3.05) is 29.1 Å². The number of halogens is 1. The van der Waals surface area contributed by atoms with Gasteiger partial charge in [0.25, 0.3) is 0 Å². The third-order valence-corrected chi connectivity index (χ3v) is 2.70. The highest BCUT2D eigenvalue weighted by Gasteiger charge is 1.99. The number of nitrogens with zero attached hydrogens (tertiary/aromatic N) is 2. The summed E-state index contributed by atoms with van der Waals surface area (Å²) in [7, 11) is 0. The Balaban J connectivity index is 2.34. The van der Waals surface area contributed by atoms with Gasteiger partial charge in [0, 0.05) is 18.4 Å². The van der Waals surface area contributed by atoms with Crippen LogP contribution in [-0.4, -0.2) is 28.0 Å². The standard InChI is InChI=1S/C9H11BrN4S/c1-2-4-15-5-3-12-9-13-7(10)6-8(11)14-9/h1,6H,3-5H2,(H3,11,12,13,14). The highest BCUT2D eigenvalue weighted by molar-refractivity contribution is 9.10. The smallest absolute Gasteiger partial charge is 0.225 e. The van der Waals surface area contributed by atoms with E-state index in [2.05, 4.69) is 37.1 Å². The summed E-state index contributed by atoms with van der Waals surface area (Å²) in [6.45, 7) is 0.766. The molecule has 0 aliphatic carbocycles. The zero-order chi connectivity index (χ0) is 11.1. The van der Waals surface area contributed by atoms with Gasteiger partial charge in [0.1, 0.15) is 10.4 Å². The lowest BCUT2D eigenvalue weighted by atomic mass is 10.6. The fraction of sp³-hybridized carbons (Fsp3) is 0.333. The lowest BCUT2D eigenvalue weighted by Gasteiger charge is -2.04. The lowest BCUT2D eigenvalue weighted by Crippen LogP contribution is -2.08. The molecule has 1 rings (SSSR count). The second-order valence-electron chi connectivity index (χ2n) is 2.62. The van der Waals surface area contributed by atoms with Gasteiger partial charge in [-0.3, -0.25) is 0 Å². The maximum atomic E-state index is 5.56. The normalized spacial score (nSPS) is 9.60. The number of rotatable bonds is 5. The zero-order valence-corrected chi connectivity index (χ0v) is 10.4. The van der Waals surface area contributed by atoms with Crippen molar-refractivity contribution in [3.8, 4) is 12.3 Å². The van der Waals surface area contributed by atoms with E-state index in [0.717, 1.165) is 18.1 Å². The van der Waals surface area contributed by atoms with E-state index in [4.69, 9.17) is 12.2 Å². The van der Waals surface area contributed by atoms with Crippen molar-refractivity contribution in [3.63, 3.8) is 0 Å². The van der Waals surface area contributed by atoms with Gasteiger partial charge in [0.2, 0.25) is 5.95 Å². The van der Waals surface area contributed by atoms with E-state index in [-0.39, 0.29) is 0 Å². The van der Waals surface area contributed by atoms with Gasteiger partial charge < -0.3 is 11.1 Å². The molecule has 0 aromatic carbocycles. The van der Waals surface area contributed by atoms with Crippen LogP contribution in [-0.2, 0) is 0 Å². The predicted molar refractivity (Wildman–Crippen MR) is 68.8 cm³/mol. The quantitative estimate of drug-likeness (QED) is 0.489. The van der Waals surface area contributed by atoms with Gasteiger partial charge in [-0.2, -0.15) is 4.98 Å². The van der Waals surface area contributed by atoms with Crippen LogP contribution in [0.3, 0.4) is 0 Å². The zero-order valence-electron chi connectivity index (χ0n) is 8.03. The summed E-state index contributed by atoms with van der Waals surface area (Å²) in [5.41, 5.74) is 5.56. The van der Waals surface area contributed by atoms with E-state index < -0.39 is 0 Å². The van der Waals surface area contributed by atoms with Gasteiger partial charge in [-0.15, -0.1) is 18.2 Å². The molecular formula is C9H11BrN4S. The Morgan fingerprint density at radius 1 is 1.60 bits per heavy atom. The molecule has 0 aliphatic heterocycles. The highest BCUT2D eigenvalue weighted by Crippen LogP contribution is 2.12. The Kier molecular flexibility index (Phi) is 5.29. The van der Waals surface area contributed by atoms with E-state index in [1.807, 2.05) is 0 Å². The minimum atomic E-state index is 0.440. The molecule has 1 aromatic heterocycles. The Labute approximate surface area is 102 Å². The molecule has 0 atom stereocenters. The average Bonchev–Trinajstić information content (AvgIpc) is 2.16. The molecule has 3 N–H and O–H groups in total. The van der Waals surface area contributed by atoms with Crippen molar-refractivity contribution in [1.82, 2.24) is 9.97 Å². The summed E-state index contributed by atoms with van der Waals surface area (Å²) in [5, 5.41) is 3.06. The summed E-state index contributed by atoms with van der Waals surface area (Å²) >= 11 is 4.93. The van der Waals surface area contributed by atoms with Crippen molar-refractivity contribution in [2.24, 2.45) is 0 Å². The molecule has 1 aromatic rings. The minimum absolute atomic E-state index is 0.440. The SMILES string of the molecule is C#CCSCCNc1nc(N)cc(Br)n1. The number of thioether (sulfide) groups is 1. The monoisotopic (exact) mass is 286 g/mol. The number of terminal acetylenes is 1. The molecule has 1 heterocycles. The van der Waals surface area contributed by atoms with E-state index in [0.29, 0.717) is 16.4 Å². The third kappa shape index (κ3) is 4.91. The first kappa shape index (κ1) is 12.1. The highest BCUT2D eigenvalue weighted by atomic mass is 79.9. The fourth-order valence-corrected chi connectivity index (χ4v) is 1.79. The molecule has 6 heteroatoms. The molecule has 0 aliphatic rings. The minimum Gasteiger partial charge on any atom is -0.383 e. The van der Waals surface area contributed by atoms with Gasteiger partial charge >= 0.3 is 0 Å². The Hall–Kier alpha value is -0.930. The second-order valence-corrected chi connectivity index (χ2v) is 4.54. The van der Waals surface area contributed by atoms with Gasteiger partial charge in [0.15, 0.2) is 0 Å². The lowest BCUT2D eigenvalue weighted by molar-refractivity contribution is 1.08. The number of nitrogens with one attached hydrogen (secondary N) is 1. The first-order valence-electron chi connectivity index (χ1n) is 4.27. The molecule has 0 saturated heterocycles. The summed E-state index contributed by atoms with van der Waals surface area (Å²) in [5.74, 6) is 5.17. The Morgan fingerprint density at radius 2 is 2.40 bits per heavy atom. The molecule has 0 spiro atoms. The molecule has 0 unspecified atom stereocenters. The molecular weight excluding hydrogens is 276 g/mol. The van der Waals surface area contributed by atoms with Gasteiger partial charge in [-0.25, -0.2) is 4.98 Å². The first-order valence-corrected chi connectivity index (χ1v) is 6.22. The van der Waals surface area contributed by atoms with Crippen LogP contribution in [0.5, 0.6) is 0 Å². The summed E-state index contributed by atoms with van der Waals surface area (Å²) < 4.78 is 0.675. The van der Waals surface area contributed by atoms with Crippen LogP contribution in [0.25, 0.3) is 0 Å². The largest absolute Gasteiger partial charge is 0.383 e. The van der Waals surface area contributed by atoms with Crippen LogP contribution in [0, 0.1) is 12.3 Å². The van der Waals surface area contributed by atoms with Crippen molar-refractivity contribution >= 4 is 39.5 Å². The van der Waals surface area contributed by atoms with E-state index in [1.54, 1.807) is 17.8 Å². The number of nitrogen functional groups attached to an aromatic ring is 1. The van der Waals surface area contributed by atoms with Crippen LogP contribution in [0.4, 0.5) is 11.8 Å². The summed E-state index contributed by atoms with van der Waals surface area (Å²) in [6.07, 6.45) is 5.12. The Morgan fingerprint density at radius 3 is 3.07 bits per heavy atom. The van der Waals surface area contributed by atoms with Gasteiger partial charge in [-0.05, 0) is 15.9 Å². The van der Waals surface area contributed by atoms with E-state index in [9.17, 15) is 0 Å². The van der Waals surface area contributed by atoms with Crippen LogP contribution in [0.2, 0.25) is 0 Å². The van der Waals surface area contributed by atoms with Crippen LogP contribution < -0.4 is 11.1 Å². The summed E-state index contributed by atoms with van der Waals surface area (Å²) in [6, 6.07) is 1.65. The maximum Gasteiger partial charge on any atom is 0.225 e. The number of anilines is 2. The van der Waals surface area contributed by atoms with Crippen molar-refractivity contribution < 1.29 is 0 Å². The van der Waals surface area contributed by atoms with Gasteiger partial charge in [-0.1, -0.05) is 5.92 Å². The van der Waals surface area contributed by atoms with Crippen molar-refractivity contribution in [3.05, 3.63) is 10.7 Å². The summed E-state index contributed by atoms with van der Waals surface area (Å²) in [4.78, 5) is 8.14. The first-order chi connectivity index (χ1) is 7.22. The molecule has 0 amide bonds. The van der Waals surface area contributed by atoms with Gasteiger partial charge in [0.05, 0.1) is 5.75 Å². The molecule has 0 bridgehead atoms. The topological polar surface area (TPSA) is 63.8 Å². The van der Waals surface area contributed by atoms with Crippen molar-refractivity contribution in [1.29, 1.82) is 0 Å². The van der Waals surface area contributed by atoms with Crippen LogP contribution >= 0.6 is 27.7 Å². The number of hydrogen-bond donors (Lipinski definition) is 2. The fourth-order valence-electron chi connectivity index (χ4n) is 0.880. The maximum absolute atomic E-state index is 5.56. The van der Waals surface area contributed by atoms with E-state index >= 15 is 0 Å². The predicted octanol–water partition coefficient (Wildman–Crippen LogP) is 1.60. The average molecular weight is 287 g/mol. The van der Waals surface area contributed by atoms with Crippen LogP contribution in [0.15, 0.2) is 10.7 Å². The van der Waals surface area contributed by atoms with Crippen molar-refractivity contribution in [2.45, 2.75) is 0 Å².